The summed E-state index contributed by atoms with van der Waals surface area (Å²) in [5.74, 6) is 0. The predicted octanol–water partition coefficient (Wildman–Crippen LogP) is -0.116. The minimum absolute atomic E-state index is 0.00499. The van der Waals surface area contributed by atoms with Crippen molar-refractivity contribution in [1.82, 2.24) is 18.5 Å². The number of hydrogen-bond donors (Lipinski definition) is 0. The number of pyridine rings is 1. The number of rotatable bonds is 2. The van der Waals surface area contributed by atoms with Crippen LogP contribution in [0.15, 0.2) is 44.8 Å². The quantitative estimate of drug-likeness (QED) is 0.650. The Morgan fingerprint density at radius 1 is 1.24 bits per heavy atom. The van der Waals surface area contributed by atoms with Crippen LogP contribution in [-0.4, -0.2) is 18.5 Å². The second-order valence-electron chi connectivity index (χ2n) is 5.88. The minimum Gasteiger partial charge on any atom is -0.296 e. The van der Waals surface area contributed by atoms with Gasteiger partial charge >= 0.3 is 5.69 Å². The molecule has 1 aliphatic rings. The molecule has 4 rings (SSSR count). The molecule has 124 valence electrons. The van der Waals surface area contributed by atoms with Crippen molar-refractivity contribution in [3.8, 4) is 6.07 Å². The van der Waals surface area contributed by atoms with Gasteiger partial charge < -0.3 is 0 Å². The highest BCUT2D eigenvalue weighted by atomic mass is 16.2. The second-order valence-corrected chi connectivity index (χ2v) is 5.88. The van der Waals surface area contributed by atoms with Gasteiger partial charge in [0.2, 0.25) is 0 Å². The third-order valence-electron chi connectivity index (χ3n) is 4.39. The Kier molecular flexibility index (Phi) is 3.35. The van der Waals surface area contributed by atoms with Crippen LogP contribution in [0.5, 0.6) is 0 Å². The average molecular weight is 335 g/mol. The number of nitriles is 1. The molecule has 25 heavy (non-hydrogen) atoms. The van der Waals surface area contributed by atoms with Crippen molar-refractivity contribution < 1.29 is 0 Å². The van der Waals surface area contributed by atoms with E-state index in [1.165, 1.54) is 15.0 Å². The summed E-state index contributed by atoms with van der Waals surface area (Å²) in [5, 5.41) is 9.30. The van der Waals surface area contributed by atoms with E-state index in [9.17, 15) is 19.6 Å². The molecule has 0 amide bonds. The highest BCUT2D eigenvalue weighted by molar-refractivity contribution is 5.38. The third kappa shape index (κ3) is 2.29. The molecule has 8 heteroatoms. The lowest BCUT2D eigenvalue weighted by Gasteiger charge is -2.11. The van der Waals surface area contributed by atoms with E-state index >= 15 is 0 Å². The van der Waals surface area contributed by atoms with Crippen molar-refractivity contribution in [3.05, 3.63) is 78.6 Å². The van der Waals surface area contributed by atoms with Gasteiger partial charge in [-0.15, -0.1) is 0 Å². The van der Waals surface area contributed by atoms with Gasteiger partial charge in [-0.25, -0.2) is 9.78 Å². The fourth-order valence-electron chi connectivity index (χ4n) is 3.23. The topological polar surface area (TPSA) is 102 Å². The summed E-state index contributed by atoms with van der Waals surface area (Å²) in [5.41, 5.74) is -0.162. The first-order chi connectivity index (χ1) is 12.1. The van der Waals surface area contributed by atoms with Crippen molar-refractivity contribution in [1.29, 1.82) is 5.26 Å². The van der Waals surface area contributed by atoms with Gasteiger partial charge in [0, 0.05) is 24.5 Å². The maximum atomic E-state index is 12.6. The van der Waals surface area contributed by atoms with Crippen LogP contribution < -0.4 is 16.8 Å². The van der Waals surface area contributed by atoms with E-state index < -0.39 is 11.2 Å². The van der Waals surface area contributed by atoms with Crippen LogP contribution in [0.25, 0.3) is 5.65 Å². The Morgan fingerprint density at radius 3 is 2.88 bits per heavy atom. The number of fused-ring (bicyclic) bond motifs is 2. The van der Waals surface area contributed by atoms with Crippen molar-refractivity contribution in [2.24, 2.45) is 0 Å². The number of aromatic nitrogens is 4. The Balaban J connectivity index is 1.91. The Morgan fingerprint density at radius 2 is 2.08 bits per heavy atom. The van der Waals surface area contributed by atoms with Crippen molar-refractivity contribution >= 4 is 5.65 Å². The van der Waals surface area contributed by atoms with Gasteiger partial charge in [0.15, 0.2) is 0 Å². The second kappa shape index (κ2) is 5.56. The molecule has 0 saturated carbocycles. The molecule has 1 aliphatic heterocycles. The van der Waals surface area contributed by atoms with Crippen molar-refractivity contribution in [3.63, 3.8) is 0 Å². The lowest BCUT2D eigenvalue weighted by Crippen LogP contribution is -2.42. The summed E-state index contributed by atoms with van der Waals surface area (Å²) in [7, 11) is 0. The largest absolute Gasteiger partial charge is 0.331 e. The van der Waals surface area contributed by atoms with Gasteiger partial charge in [-0.3, -0.25) is 23.1 Å². The molecule has 3 aromatic rings. The Hall–Kier alpha value is -3.47. The van der Waals surface area contributed by atoms with Crippen LogP contribution in [0.3, 0.4) is 0 Å². The summed E-state index contributed by atoms with van der Waals surface area (Å²) >= 11 is 0. The summed E-state index contributed by atoms with van der Waals surface area (Å²) in [6.45, 7) is 0.337. The zero-order valence-corrected chi connectivity index (χ0v) is 13.2. The molecule has 0 N–H and O–H groups in total. The molecular formula is C17H13N5O3. The smallest absolute Gasteiger partial charge is 0.296 e. The monoisotopic (exact) mass is 335 g/mol. The molecule has 4 heterocycles. The van der Waals surface area contributed by atoms with Gasteiger partial charge in [-0.05, 0) is 25.0 Å². The maximum Gasteiger partial charge on any atom is 0.331 e. The van der Waals surface area contributed by atoms with Crippen molar-refractivity contribution in [2.45, 2.75) is 25.9 Å². The predicted molar refractivity (Wildman–Crippen MR) is 88.6 cm³/mol. The lowest BCUT2D eigenvalue weighted by atomic mass is 10.2. The molecule has 0 spiro atoms. The first kappa shape index (κ1) is 15.1. The zero-order valence-electron chi connectivity index (χ0n) is 13.2. The van der Waals surface area contributed by atoms with E-state index in [1.807, 2.05) is 6.07 Å². The van der Waals surface area contributed by atoms with E-state index in [-0.39, 0.29) is 17.7 Å². The first-order valence-electron chi connectivity index (χ1n) is 7.84. The van der Waals surface area contributed by atoms with Crippen LogP contribution in [0.4, 0.5) is 0 Å². The average Bonchev–Trinajstić information content (AvgIpc) is 3.09. The van der Waals surface area contributed by atoms with Crippen LogP contribution in [0, 0.1) is 11.3 Å². The molecule has 0 radical (unpaired) electrons. The summed E-state index contributed by atoms with van der Waals surface area (Å²) < 4.78 is 3.82. The Labute approximate surface area is 140 Å². The van der Waals surface area contributed by atoms with Crippen LogP contribution in [0.1, 0.15) is 23.4 Å². The van der Waals surface area contributed by atoms with Gasteiger partial charge in [0.05, 0.1) is 12.2 Å². The zero-order chi connectivity index (χ0) is 17.6. The van der Waals surface area contributed by atoms with Gasteiger partial charge in [0.1, 0.15) is 17.3 Å². The minimum atomic E-state index is -0.629. The fourth-order valence-corrected chi connectivity index (χ4v) is 3.23. The molecule has 8 nitrogen and oxygen atoms in total. The third-order valence-corrected chi connectivity index (χ3v) is 4.39. The number of hydrogen-bond acceptors (Lipinski definition) is 5. The normalized spacial score (nSPS) is 12.9. The van der Waals surface area contributed by atoms with E-state index in [0.717, 1.165) is 11.0 Å². The molecule has 0 atom stereocenters. The standard InChI is InChI=1S/C17H13N5O3/c18-9-12-13-4-3-7-20(13)17(25)22(16(12)24)10-11-8-15(23)21-6-2-1-5-14(21)19-11/h1-2,5-6,8H,3-4,7,10H2. The molecular weight excluding hydrogens is 322 g/mol. The van der Waals surface area contributed by atoms with E-state index in [4.69, 9.17) is 0 Å². The highest BCUT2D eigenvalue weighted by Crippen LogP contribution is 2.13. The summed E-state index contributed by atoms with van der Waals surface area (Å²) in [4.78, 5) is 41.7. The van der Waals surface area contributed by atoms with Gasteiger partial charge in [-0.1, -0.05) is 6.07 Å². The molecule has 0 fully saturated rings. The molecule has 0 aromatic carbocycles. The van der Waals surface area contributed by atoms with Crippen LogP contribution in [-0.2, 0) is 19.5 Å². The molecule has 0 saturated heterocycles. The SMILES string of the molecule is N#Cc1c2n(c(=O)n(Cc3cc(=O)n4ccccc4n3)c1=O)CCC2. The molecule has 0 bridgehead atoms. The lowest BCUT2D eigenvalue weighted by molar-refractivity contribution is 0.596. The van der Waals surface area contributed by atoms with Crippen LogP contribution in [0.2, 0.25) is 0 Å². The number of nitrogens with zero attached hydrogens (tertiary/aromatic N) is 5. The van der Waals surface area contributed by atoms with E-state index in [1.54, 1.807) is 24.4 Å². The fraction of sp³-hybridized carbons (Fsp3) is 0.235. The first-order valence-corrected chi connectivity index (χ1v) is 7.84. The highest BCUT2D eigenvalue weighted by Gasteiger charge is 2.22. The van der Waals surface area contributed by atoms with E-state index in [2.05, 4.69) is 4.98 Å². The molecule has 0 unspecified atom stereocenters. The molecule has 3 aromatic heterocycles. The van der Waals surface area contributed by atoms with Crippen LogP contribution >= 0.6 is 0 Å². The Bertz CT molecular complexity index is 1230. The molecule has 0 aliphatic carbocycles. The maximum absolute atomic E-state index is 12.6. The summed E-state index contributed by atoms with van der Waals surface area (Å²) in [6, 6.07) is 8.34. The van der Waals surface area contributed by atoms with Crippen molar-refractivity contribution in [2.75, 3.05) is 0 Å². The van der Waals surface area contributed by atoms with Gasteiger partial charge in [-0.2, -0.15) is 5.26 Å². The van der Waals surface area contributed by atoms with E-state index in [0.29, 0.717) is 30.0 Å². The van der Waals surface area contributed by atoms with Gasteiger partial charge in [0.25, 0.3) is 11.1 Å². The summed E-state index contributed by atoms with van der Waals surface area (Å²) in [6.07, 6.45) is 2.87.